The summed E-state index contributed by atoms with van der Waals surface area (Å²) in [6.45, 7) is 0. The van der Waals surface area contributed by atoms with Gasteiger partial charge in [0, 0.05) is 16.5 Å². The van der Waals surface area contributed by atoms with Crippen LogP contribution in [0.2, 0.25) is 5.02 Å². The van der Waals surface area contributed by atoms with Crippen LogP contribution in [-0.2, 0) is 4.79 Å². The molecule has 0 radical (unpaired) electrons. The Labute approximate surface area is 95.2 Å². The summed E-state index contributed by atoms with van der Waals surface area (Å²) >= 11 is 10.1. The van der Waals surface area contributed by atoms with Crippen molar-refractivity contribution in [3.05, 3.63) is 45.8 Å². The number of fused-ring (bicyclic) bond motifs is 1. The number of hydrogen-bond acceptors (Lipinski definition) is 3. The number of benzene rings is 1. The predicted octanol–water partition coefficient (Wildman–Crippen LogP) is 2.86. The molecule has 1 aromatic heterocycles. The minimum absolute atomic E-state index is 0.222. The van der Waals surface area contributed by atoms with E-state index in [1.807, 2.05) is 0 Å². The van der Waals surface area contributed by atoms with E-state index >= 15 is 0 Å². The standard InChI is InChI=1S/C9H5ClO2.CHClO/c10-7-2-3-8-6(5-7)1-4-9(11)12-8;2-1-3/h1-5H;1H. The van der Waals surface area contributed by atoms with Crippen LogP contribution in [0.15, 0.2) is 39.5 Å². The van der Waals surface area contributed by atoms with Crippen molar-refractivity contribution in [1.29, 1.82) is 0 Å². The second kappa shape index (κ2) is 5.53. The topological polar surface area (TPSA) is 47.3 Å². The van der Waals surface area contributed by atoms with Crippen LogP contribution < -0.4 is 5.63 Å². The molecule has 2 rings (SSSR count). The van der Waals surface area contributed by atoms with E-state index in [1.165, 1.54) is 6.07 Å². The lowest BCUT2D eigenvalue weighted by Gasteiger charge is -1.94. The van der Waals surface area contributed by atoms with E-state index in [4.69, 9.17) is 20.8 Å². The third-order valence-corrected chi connectivity index (χ3v) is 1.82. The molecule has 0 saturated heterocycles. The lowest BCUT2D eigenvalue weighted by Crippen LogP contribution is -1.93. The molecule has 1 heterocycles. The quantitative estimate of drug-likeness (QED) is 0.407. The molecule has 0 aliphatic carbocycles. The van der Waals surface area contributed by atoms with Crippen LogP contribution in [-0.4, -0.2) is 5.75 Å². The summed E-state index contributed by atoms with van der Waals surface area (Å²) in [5.74, 6) is 0.222. The lowest BCUT2D eigenvalue weighted by atomic mass is 10.2. The Hall–Kier alpha value is -1.32. The largest absolute Gasteiger partial charge is 0.423 e. The number of carbonyl (C=O) groups is 1. The fraction of sp³-hybridized carbons (Fsp3) is 0. The first kappa shape index (κ1) is 11.8. The van der Waals surface area contributed by atoms with Crippen LogP contribution in [0.3, 0.4) is 0 Å². The number of halogens is 2. The van der Waals surface area contributed by atoms with Crippen LogP contribution in [0.25, 0.3) is 11.0 Å². The summed E-state index contributed by atoms with van der Waals surface area (Å²) in [7, 11) is 0. The second-order valence-corrected chi connectivity index (χ2v) is 3.14. The van der Waals surface area contributed by atoms with Gasteiger partial charge < -0.3 is 4.42 Å². The van der Waals surface area contributed by atoms with Crippen LogP contribution in [0, 0.1) is 0 Å². The Morgan fingerprint density at radius 2 is 1.87 bits per heavy atom. The van der Waals surface area contributed by atoms with Gasteiger partial charge in [-0.1, -0.05) is 11.6 Å². The van der Waals surface area contributed by atoms with Crippen molar-refractivity contribution in [3.8, 4) is 0 Å². The summed E-state index contributed by atoms with van der Waals surface area (Å²) in [5, 5.41) is 1.47. The van der Waals surface area contributed by atoms with E-state index in [2.05, 4.69) is 11.6 Å². The molecule has 1 aromatic carbocycles. The number of carbonyl (C=O) groups excluding carboxylic acids is 1. The van der Waals surface area contributed by atoms with Crippen LogP contribution in [0.1, 0.15) is 0 Å². The smallest absolute Gasteiger partial charge is 0.336 e. The zero-order valence-electron chi connectivity index (χ0n) is 7.44. The Bertz CT molecular complexity index is 519. The first-order chi connectivity index (χ1) is 7.17. The highest BCUT2D eigenvalue weighted by Gasteiger charge is 1.96. The van der Waals surface area contributed by atoms with Gasteiger partial charge in [0.25, 0.3) is 0 Å². The molecular formula is C10H6Cl2O3. The highest BCUT2D eigenvalue weighted by molar-refractivity contribution is 6.54. The maximum absolute atomic E-state index is 10.8. The van der Waals surface area contributed by atoms with E-state index in [0.717, 1.165) is 5.39 Å². The van der Waals surface area contributed by atoms with E-state index < -0.39 is 0 Å². The third kappa shape index (κ3) is 3.38. The van der Waals surface area contributed by atoms with Gasteiger partial charge >= 0.3 is 5.63 Å². The van der Waals surface area contributed by atoms with Gasteiger partial charge in [0.05, 0.1) is 0 Å². The van der Waals surface area contributed by atoms with Crippen LogP contribution in [0.4, 0.5) is 0 Å². The Morgan fingerprint density at radius 1 is 1.20 bits per heavy atom. The molecule has 0 N–H and O–H groups in total. The van der Waals surface area contributed by atoms with Crippen molar-refractivity contribution in [3.63, 3.8) is 0 Å². The zero-order chi connectivity index (χ0) is 11.3. The van der Waals surface area contributed by atoms with Gasteiger partial charge in [-0.2, -0.15) is 0 Å². The lowest BCUT2D eigenvalue weighted by molar-refractivity contribution is 0.561. The van der Waals surface area contributed by atoms with Gasteiger partial charge in [0.1, 0.15) is 5.58 Å². The molecule has 0 aliphatic heterocycles. The molecule has 0 amide bonds. The normalized spacial score (nSPS) is 9.20. The van der Waals surface area contributed by atoms with E-state index in [9.17, 15) is 4.79 Å². The fourth-order valence-corrected chi connectivity index (χ4v) is 1.22. The average Bonchev–Trinajstić information content (AvgIpc) is 2.20. The van der Waals surface area contributed by atoms with E-state index in [1.54, 1.807) is 24.3 Å². The van der Waals surface area contributed by atoms with E-state index in [0.29, 0.717) is 10.6 Å². The highest BCUT2D eigenvalue weighted by Crippen LogP contribution is 2.16. The van der Waals surface area contributed by atoms with Crippen molar-refractivity contribution in [2.45, 2.75) is 0 Å². The van der Waals surface area contributed by atoms with Crippen LogP contribution >= 0.6 is 23.2 Å². The Balaban J connectivity index is 0.000000337. The van der Waals surface area contributed by atoms with Crippen LogP contribution in [0.5, 0.6) is 0 Å². The summed E-state index contributed by atoms with van der Waals surface area (Å²) in [5.41, 5.74) is 0.219. The maximum Gasteiger partial charge on any atom is 0.336 e. The number of hydrogen-bond donors (Lipinski definition) is 0. The Kier molecular flexibility index (Phi) is 4.34. The molecule has 0 atom stereocenters. The molecule has 0 spiro atoms. The van der Waals surface area contributed by atoms with Crippen molar-refractivity contribution >= 4 is 39.9 Å². The monoisotopic (exact) mass is 244 g/mol. The van der Waals surface area contributed by atoms with Crippen molar-refractivity contribution in [2.24, 2.45) is 0 Å². The zero-order valence-corrected chi connectivity index (χ0v) is 8.96. The van der Waals surface area contributed by atoms with Crippen molar-refractivity contribution in [1.82, 2.24) is 0 Å². The van der Waals surface area contributed by atoms with E-state index in [-0.39, 0.29) is 11.4 Å². The predicted molar refractivity (Wildman–Crippen MR) is 60.1 cm³/mol. The third-order valence-electron chi connectivity index (χ3n) is 1.58. The minimum Gasteiger partial charge on any atom is -0.423 e. The molecule has 5 heteroatoms. The molecule has 0 bridgehead atoms. The summed E-state index contributed by atoms with van der Waals surface area (Å²) in [6.07, 6.45) is 0. The molecule has 2 aromatic rings. The summed E-state index contributed by atoms with van der Waals surface area (Å²) in [6, 6.07) is 8.18. The minimum atomic E-state index is -0.343. The van der Waals surface area contributed by atoms with Gasteiger partial charge in [0.15, 0.2) is 0 Å². The van der Waals surface area contributed by atoms with Gasteiger partial charge in [0.2, 0.25) is 5.75 Å². The molecule has 0 unspecified atom stereocenters. The molecule has 78 valence electrons. The first-order valence-corrected chi connectivity index (χ1v) is 4.72. The molecule has 0 fully saturated rings. The maximum atomic E-state index is 10.8. The molecule has 0 saturated carbocycles. The first-order valence-electron chi connectivity index (χ1n) is 3.90. The van der Waals surface area contributed by atoms with Gasteiger partial charge in [-0.25, -0.2) is 4.79 Å². The van der Waals surface area contributed by atoms with Crippen molar-refractivity contribution < 1.29 is 9.21 Å². The average molecular weight is 245 g/mol. The summed E-state index contributed by atoms with van der Waals surface area (Å²) in [4.78, 5) is 19.3. The van der Waals surface area contributed by atoms with Crippen molar-refractivity contribution in [2.75, 3.05) is 0 Å². The summed E-state index contributed by atoms with van der Waals surface area (Å²) < 4.78 is 4.90. The fourth-order valence-electron chi connectivity index (χ4n) is 1.04. The highest BCUT2D eigenvalue weighted by atomic mass is 35.5. The molecule has 15 heavy (non-hydrogen) atoms. The SMILES string of the molecule is O=CCl.O=c1ccc2cc(Cl)ccc2o1. The van der Waals surface area contributed by atoms with Gasteiger partial charge in [-0.15, -0.1) is 0 Å². The van der Waals surface area contributed by atoms with Gasteiger partial charge in [-0.3, -0.25) is 4.79 Å². The number of rotatable bonds is 0. The molecular weight excluding hydrogens is 239 g/mol. The van der Waals surface area contributed by atoms with Gasteiger partial charge in [-0.05, 0) is 35.9 Å². The Morgan fingerprint density at radius 3 is 2.53 bits per heavy atom. The second-order valence-electron chi connectivity index (χ2n) is 2.53. The molecule has 0 aliphatic rings. The molecule has 3 nitrogen and oxygen atoms in total.